The van der Waals surface area contributed by atoms with Crippen molar-refractivity contribution in [3.05, 3.63) is 94.2 Å². The molecule has 1 heterocycles. The molecule has 1 aromatic heterocycles. The van der Waals surface area contributed by atoms with Crippen molar-refractivity contribution in [1.29, 1.82) is 0 Å². The molecule has 4 heteroatoms. The van der Waals surface area contributed by atoms with Gasteiger partial charge >= 0.3 is 0 Å². The predicted molar refractivity (Wildman–Crippen MR) is 99.7 cm³/mol. The number of ether oxygens (including phenoxy) is 1. The Hall–Kier alpha value is -2.17. The lowest BCUT2D eigenvalue weighted by Crippen LogP contribution is -2.14. The van der Waals surface area contributed by atoms with E-state index in [0.29, 0.717) is 6.61 Å². The summed E-state index contributed by atoms with van der Waals surface area (Å²) in [4.78, 5) is 4.32. The first kappa shape index (κ1) is 16.7. The van der Waals surface area contributed by atoms with Crippen LogP contribution in [0.5, 0.6) is 5.75 Å². The molecule has 0 aliphatic heterocycles. The molecule has 3 nitrogen and oxygen atoms in total. The van der Waals surface area contributed by atoms with Crippen molar-refractivity contribution < 1.29 is 4.74 Å². The summed E-state index contributed by atoms with van der Waals surface area (Å²) in [6, 6.07) is 22.2. The average molecular weight is 383 g/mol. The van der Waals surface area contributed by atoms with Crippen molar-refractivity contribution in [1.82, 2.24) is 10.3 Å². The number of nitrogens with one attached hydrogen (secondary N) is 1. The number of hydrogen-bond acceptors (Lipinski definition) is 3. The molecule has 122 valence electrons. The Bertz CT molecular complexity index is 763. The molecule has 3 aromatic rings. The number of aromatic nitrogens is 1. The minimum atomic E-state index is 0.565. The quantitative estimate of drug-likeness (QED) is 0.642. The van der Waals surface area contributed by atoms with E-state index in [9.17, 15) is 0 Å². The van der Waals surface area contributed by atoms with E-state index in [1.165, 1.54) is 0 Å². The molecule has 0 fully saturated rings. The van der Waals surface area contributed by atoms with Crippen molar-refractivity contribution in [3.63, 3.8) is 0 Å². The first-order valence-electron chi connectivity index (χ1n) is 7.87. The van der Waals surface area contributed by atoms with Gasteiger partial charge in [-0.25, -0.2) is 0 Å². The molecule has 0 saturated carbocycles. The molecular weight excluding hydrogens is 364 g/mol. The van der Waals surface area contributed by atoms with Gasteiger partial charge in [-0.2, -0.15) is 0 Å². The van der Waals surface area contributed by atoms with Crippen LogP contribution >= 0.6 is 15.9 Å². The Morgan fingerprint density at radius 2 is 1.75 bits per heavy atom. The second-order valence-corrected chi connectivity index (χ2v) is 6.37. The van der Waals surface area contributed by atoms with Crippen LogP contribution in [-0.4, -0.2) is 4.98 Å². The third kappa shape index (κ3) is 4.91. The summed E-state index contributed by atoms with van der Waals surface area (Å²) in [7, 11) is 0. The third-order valence-electron chi connectivity index (χ3n) is 3.61. The SMILES string of the molecule is Brc1ccc(OCc2ccccc2)c(CNCc2ccccn2)c1. The normalized spacial score (nSPS) is 10.5. The first-order valence-corrected chi connectivity index (χ1v) is 8.66. The maximum absolute atomic E-state index is 6.00. The van der Waals surface area contributed by atoms with E-state index >= 15 is 0 Å². The zero-order valence-electron chi connectivity index (χ0n) is 13.3. The highest BCUT2D eigenvalue weighted by Gasteiger charge is 2.05. The molecule has 0 aliphatic rings. The molecule has 2 aromatic carbocycles. The Morgan fingerprint density at radius 3 is 2.54 bits per heavy atom. The van der Waals surface area contributed by atoms with Crippen LogP contribution in [0.1, 0.15) is 16.8 Å². The second kappa shape index (κ2) is 8.62. The van der Waals surface area contributed by atoms with Gasteiger partial charge in [0.25, 0.3) is 0 Å². The van der Waals surface area contributed by atoms with Crippen LogP contribution < -0.4 is 10.1 Å². The van der Waals surface area contributed by atoms with Crippen LogP contribution in [0.4, 0.5) is 0 Å². The van der Waals surface area contributed by atoms with Crippen molar-refractivity contribution in [2.75, 3.05) is 0 Å². The number of rotatable bonds is 7. The molecule has 0 unspecified atom stereocenters. The maximum Gasteiger partial charge on any atom is 0.124 e. The van der Waals surface area contributed by atoms with Gasteiger partial charge in [0.1, 0.15) is 12.4 Å². The number of halogens is 1. The van der Waals surface area contributed by atoms with Gasteiger partial charge in [0.15, 0.2) is 0 Å². The summed E-state index contributed by atoms with van der Waals surface area (Å²) in [5.74, 6) is 0.899. The smallest absolute Gasteiger partial charge is 0.124 e. The van der Waals surface area contributed by atoms with Crippen molar-refractivity contribution in [3.8, 4) is 5.75 Å². The molecule has 3 rings (SSSR count). The Labute approximate surface area is 150 Å². The lowest BCUT2D eigenvalue weighted by atomic mass is 10.2. The van der Waals surface area contributed by atoms with Crippen molar-refractivity contribution in [2.45, 2.75) is 19.7 Å². The topological polar surface area (TPSA) is 34.1 Å². The second-order valence-electron chi connectivity index (χ2n) is 5.45. The molecule has 0 atom stereocenters. The number of benzene rings is 2. The fourth-order valence-electron chi connectivity index (χ4n) is 2.39. The van der Waals surface area contributed by atoms with Gasteiger partial charge in [0.05, 0.1) is 5.69 Å². The lowest BCUT2D eigenvalue weighted by molar-refractivity contribution is 0.302. The first-order chi connectivity index (χ1) is 11.8. The van der Waals surface area contributed by atoms with Gasteiger partial charge in [0, 0.05) is 29.3 Å². The van der Waals surface area contributed by atoms with Gasteiger partial charge in [0.2, 0.25) is 0 Å². The molecule has 24 heavy (non-hydrogen) atoms. The lowest BCUT2D eigenvalue weighted by Gasteiger charge is -2.13. The van der Waals surface area contributed by atoms with Crippen molar-refractivity contribution in [2.24, 2.45) is 0 Å². The number of hydrogen-bond donors (Lipinski definition) is 1. The van der Waals surface area contributed by atoms with Crippen LogP contribution in [0.15, 0.2) is 77.4 Å². The molecule has 0 aliphatic carbocycles. The minimum absolute atomic E-state index is 0.565. The van der Waals surface area contributed by atoms with Crippen molar-refractivity contribution >= 4 is 15.9 Å². The largest absolute Gasteiger partial charge is 0.489 e. The zero-order chi connectivity index (χ0) is 16.6. The fraction of sp³-hybridized carbons (Fsp3) is 0.150. The van der Waals surface area contributed by atoms with Gasteiger partial charge in [-0.3, -0.25) is 4.98 Å². The maximum atomic E-state index is 6.00. The molecule has 0 radical (unpaired) electrons. The van der Waals surface area contributed by atoms with Crippen LogP contribution in [0.2, 0.25) is 0 Å². The Kier molecular flexibility index (Phi) is 5.99. The number of pyridine rings is 1. The zero-order valence-corrected chi connectivity index (χ0v) is 14.9. The summed E-state index contributed by atoms with van der Waals surface area (Å²) in [6.07, 6.45) is 1.81. The molecular formula is C20H19BrN2O. The summed E-state index contributed by atoms with van der Waals surface area (Å²) >= 11 is 3.53. The van der Waals surface area contributed by atoms with E-state index in [-0.39, 0.29) is 0 Å². The van der Waals surface area contributed by atoms with Gasteiger partial charge < -0.3 is 10.1 Å². The van der Waals surface area contributed by atoms with E-state index in [2.05, 4.69) is 44.4 Å². The van der Waals surface area contributed by atoms with E-state index < -0.39 is 0 Å². The van der Waals surface area contributed by atoms with E-state index in [1.54, 1.807) is 0 Å². The summed E-state index contributed by atoms with van der Waals surface area (Å²) in [6.45, 7) is 2.02. The average Bonchev–Trinajstić information content (AvgIpc) is 2.63. The summed E-state index contributed by atoms with van der Waals surface area (Å²) in [5.41, 5.74) is 3.31. The summed E-state index contributed by atoms with van der Waals surface area (Å²) in [5, 5.41) is 3.42. The molecule has 0 amide bonds. The Morgan fingerprint density at radius 1 is 0.917 bits per heavy atom. The monoisotopic (exact) mass is 382 g/mol. The van der Waals surface area contributed by atoms with Crippen LogP contribution in [0.3, 0.4) is 0 Å². The molecule has 0 spiro atoms. The minimum Gasteiger partial charge on any atom is -0.489 e. The summed E-state index contributed by atoms with van der Waals surface area (Å²) < 4.78 is 7.05. The van der Waals surface area contributed by atoms with E-state index in [1.807, 2.05) is 54.7 Å². The van der Waals surface area contributed by atoms with Crippen LogP contribution in [-0.2, 0) is 19.7 Å². The fourth-order valence-corrected chi connectivity index (χ4v) is 2.80. The third-order valence-corrected chi connectivity index (χ3v) is 4.10. The highest BCUT2D eigenvalue weighted by atomic mass is 79.9. The van der Waals surface area contributed by atoms with E-state index in [4.69, 9.17) is 4.74 Å². The molecule has 0 bridgehead atoms. The van der Waals surface area contributed by atoms with Gasteiger partial charge in [-0.1, -0.05) is 52.3 Å². The predicted octanol–water partition coefficient (Wildman–Crippen LogP) is 4.71. The van der Waals surface area contributed by atoms with Crippen LogP contribution in [0, 0.1) is 0 Å². The van der Waals surface area contributed by atoms with E-state index in [0.717, 1.165) is 40.1 Å². The molecule has 1 N–H and O–H groups in total. The van der Waals surface area contributed by atoms with Gasteiger partial charge in [-0.15, -0.1) is 0 Å². The number of nitrogens with zero attached hydrogens (tertiary/aromatic N) is 1. The highest BCUT2D eigenvalue weighted by molar-refractivity contribution is 9.10. The Balaban J connectivity index is 1.62. The van der Waals surface area contributed by atoms with Gasteiger partial charge in [-0.05, 0) is 35.9 Å². The highest BCUT2D eigenvalue weighted by Crippen LogP contribution is 2.24. The van der Waals surface area contributed by atoms with Crippen LogP contribution in [0.25, 0.3) is 0 Å². The molecule has 0 saturated heterocycles. The standard InChI is InChI=1S/C20H19BrN2O/c21-18-9-10-20(24-15-16-6-2-1-3-7-16)17(12-18)13-22-14-19-8-4-5-11-23-19/h1-12,22H,13-15H2.